The zero-order valence-electron chi connectivity index (χ0n) is 17.0. The van der Waals surface area contributed by atoms with E-state index in [4.69, 9.17) is 9.47 Å². The van der Waals surface area contributed by atoms with Crippen molar-refractivity contribution >= 4 is 5.91 Å². The van der Waals surface area contributed by atoms with Gasteiger partial charge in [-0.2, -0.15) is 0 Å². The number of carbonyl (C=O) groups is 1. The van der Waals surface area contributed by atoms with Crippen molar-refractivity contribution in [3.05, 3.63) is 35.4 Å². The van der Waals surface area contributed by atoms with Gasteiger partial charge in [0.1, 0.15) is 6.61 Å². The number of rotatable bonds is 7. The fraction of sp³-hybridized carbons (Fsp3) is 0.591. The highest BCUT2D eigenvalue weighted by molar-refractivity contribution is 5.79. The van der Waals surface area contributed by atoms with Crippen LogP contribution < -0.4 is 9.47 Å². The van der Waals surface area contributed by atoms with Crippen molar-refractivity contribution in [3.63, 3.8) is 0 Å². The van der Waals surface area contributed by atoms with Crippen LogP contribution in [0.25, 0.3) is 0 Å². The molecule has 1 amide bonds. The minimum atomic E-state index is 0.295. The van der Waals surface area contributed by atoms with Crippen LogP contribution in [-0.4, -0.2) is 55.1 Å². The molecular weight excluding hydrogens is 340 g/mol. The summed E-state index contributed by atoms with van der Waals surface area (Å²) in [6.45, 7) is 10.2. The van der Waals surface area contributed by atoms with E-state index >= 15 is 0 Å². The molecule has 27 heavy (non-hydrogen) atoms. The lowest BCUT2D eigenvalue weighted by molar-refractivity contribution is -0.127. The SMILES string of the molecule is CCOc1cc(CN2CC[C@@H]3CC(=O)N(C)[C@@H]3C2)ccc1OCC=C(C)C. The molecule has 0 radical (unpaired) electrons. The molecule has 0 saturated carbocycles. The van der Waals surface area contributed by atoms with Gasteiger partial charge in [-0.15, -0.1) is 0 Å². The Morgan fingerprint density at radius 1 is 1.26 bits per heavy atom. The molecule has 2 fully saturated rings. The second-order valence-corrected chi connectivity index (χ2v) is 7.87. The maximum Gasteiger partial charge on any atom is 0.222 e. The van der Waals surface area contributed by atoms with E-state index in [-0.39, 0.29) is 0 Å². The molecule has 0 unspecified atom stereocenters. The number of fused-ring (bicyclic) bond motifs is 1. The Balaban J connectivity index is 1.65. The minimum Gasteiger partial charge on any atom is -0.490 e. The highest BCUT2D eigenvalue weighted by Gasteiger charge is 2.40. The molecule has 2 saturated heterocycles. The van der Waals surface area contributed by atoms with Crippen LogP contribution in [-0.2, 0) is 11.3 Å². The molecule has 2 aliphatic rings. The van der Waals surface area contributed by atoms with E-state index in [0.717, 1.165) is 44.0 Å². The number of carbonyl (C=O) groups excluding carboxylic acids is 1. The van der Waals surface area contributed by atoms with Crippen molar-refractivity contribution < 1.29 is 14.3 Å². The average Bonchev–Trinajstić information content (AvgIpc) is 2.91. The van der Waals surface area contributed by atoms with Crippen LogP contribution in [0.4, 0.5) is 0 Å². The zero-order valence-corrected chi connectivity index (χ0v) is 17.0. The van der Waals surface area contributed by atoms with Crippen molar-refractivity contribution in [1.82, 2.24) is 9.80 Å². The summed E-state index contributed by atoms with van der Waals surface area (Å²) in [4.78, 5) is 16.4. The summed E-state index contributed by atoms with van der Waals surface area (Å²) in [7, 11) is 1.95. The predicted octanol–water partition coefficient (Wildman–Crippen LogP) is 3.48. The van der Waals surface area contributed by atoms with E-state index in [1.54, 1.807) is 0 Å². The zero-order chi connectivity index (χ0) is 19.4. The smallest absolute Gasteiger partial charge is 0.222 e. The second kappa shape index (κ2) is 8.79. The summed E-state index contributed by atoms with van der Waals surface area (Å²) >= 11 is 0. The third kappa shape index (κ3) is 4.83. The minimum absolute atomic E-state index is 0.295. The van der Waals surface area contributed by atoms with Gasteiger partial charge in [0, 0.05) is 32.6 Å². The van der Waals surface area contributed by atoms with E-state index in [1.165, 1.54) is 11.1 Å². The first-order valence-electron chi connectivity index (χ1n) is 9.97. The summed E-state index contributed by atoms with van der Waals surface area (Å²) in [6.07, 6.45) is 3.89. The summed E-state index contributed by atoms with van der Waals surface area (Å²) in [5.41, 5.74) is 2.46. The fourth-order valence-corrected chi connectivity index (χ4v) is 4.01. The Hall–Kier alpha value is -2.01. The van der Waals surface area contributed by atoms with Gasteiger partial charge in [-0.25, -0.2) is 0 Å². The van der Waals surface area contributed by atoms with Gasteiger partial charge < -0.3 is 14.4 Å². The first-order chi connectivity index (χ1) is 13.0. The number of likely N-dealkylation sites (tertiary alicyclic amines) is 2. The lowest BCUT2D eigenvalue weighted by atomic mass is 9.92. The van der Waals surface area contributed by atoms with Gasteiger partial charge in [0.05, 0.1) is 6.61 Å². The highest BCUT2D eigenvalue weighted by atomic mass is 16.5. The lowest BCUT2D eigenvalue weighted by Gasteiger charge is -2.37. The number of piperidine rings is 1. The molecule has 1 aromatic carbocycles. The summed E-state index contributed by atoms with van der Waals surface area (Å²) in [5, 5.41) is 0. The van der Waals surface area contributed by atoms with Crippen LogP contribution in [0.3, 0.4) is 0 Å². The molecule has 3 rings (SSSR count). The van der Waals surface area contributed by atoms with Gasteiger partial charge in [0.2, 0.25) is 5.91 Å². The van der Waals surface area contributed by atoms with E-state index in [1.807, 2.05) is 24.9 Å². The van der Waals surface area contributed by atoms with E-state index in [2.05, 4.69) is 37.0 Å². The number of likely N-dealkylation sites (N-methyl/N-ethyl adjacent to an activating group) is 1. The van der Waals surface area contributed by atoms with Crippen LogP contribution in [0.15, 0.2) is 29.8 Å². The van der Waals surface area contributed by atoms with Crippen LogP contribution in [0.5, 0.6) is 11.5 Å². The van der Waals surface area contributed by atoms with Gasteiger partial charge in [-0.1, -0.05) is 11.6 Å². The van der Waals surface area contributed by atoms with Crippen molar-refractivity contribution in [2.75, 3.05) is 33.4 Å². The maximum absolute atomic E-state index is 12.0. The van der Waals surface area contributed by atoms with Gasteiger partial charge in [-0.05, 0) is 63.4 Å². The Bertz CT molecular complexity index is 697. The third-order valence-electron chi connectivity index (χ3n) is 5.58. The van der Waals surface area contributed by atoms with Gasteiger partial charge in [-0.3, -0.25) is 9.69 Å². The molecule has 5 nitrogen and oxygen atoms in total. The number of hydrogen-bond acceptors (Lipinski definition) is 4. The van der Waals surface area contributed by atoms with Crippen molar-refractivity contribution in [1.29, 1.82) is 0 Å². The number of benzene rings is 1. The van der Waals surface area contributed by atoms with Crippen LogP contribution in [0.2, 0.25) is 0 Å². The Morgan fingerprint density at radius 3 is 2.81 bits per heavy atom. The topological polar surface area (TPSA) is 42.0 Å². The van der Waals surface area contributed by atoms with Crippen LogP contribution >= 0.6 is 0 Å². The van der Waals surface area contributed by atoms with Gasteiger partial charge >= 0.3 is 0 Å². The molecule has 2 atom stereocenters. The molecule has 0 spiro atoms. The van der Waals surface area contributed by atoms with Crippen molar-refractivity contribution in [2.45, 2.75) is 46.2 Å². The molecular formula is C22H32N2O3. The Morgan fingerprint density at radius 2 is 2.07 bits per heavy atom. The van der Waals surface area contributed by atoms with Crippen LogP contribution in [0, 0.1) is 5.92 Å². The maximum atomic E-state index is 12.0. The van der Waals surface area contributed by atoms with E-state index in [9.17, 15) is 4.79 Å². The standard InChI is InChI=1S/C22H32N2O3/c1-5-26-21-12-17(6-7-20(21)27-11-9-16(2)3)14-24-10-8-18-13-22(25)23(4)19(18)15-24/h6-7,9,12,18-19H,5,8,10-11,13-15H2,1-4H3/t18-,19-/m1/s1. The van der Waals surface area contributed by atoms with Gasteiger partial charge in [0.25, 0.3) is 0 Å². The first kappa shape index (κ1) is 19.7. The van der Waals surface area contributed by atoms with E-state index < -0.39 is 0 Å². The number of ether oxygens (including phenoxy) is 2. The van der Waals surface area contributed by atoms with Gasteiger partial charge in [0.15, 0.2) is 11.5 Å². The fourth-order valence-electron chi connectivity index (χ4n) is 4.01. The molecule has 0 aliphatic carbocycles. The monoisotopic (exact) mass is 372 g/mol. The molecule has 0 aromatic heterocycles. The predicted molar refractivity (Wildman–Crippen MR) is 107 cm³/mol. The average molecular weight is 373 g/mol. The molecule has 0 N–H and O–H groups in total. The lowest BCUT2D eigenvalue weighted by Crippen LogP contribution is -2.47. The summed E-state index contributed by atoms with van der Waals surface area (Å²) < 4.78 is 11.7. The first-order valence-corrected chi connectivity index (χ1v) is 9.97. The molecule has 5 heteroatoms. The normalized spacial score (nSPS) is 22.5. The van der Waals surface area contributed by atoms with E-state index in [0.29, 0.717) is 31.1 Å². The van der Waals surface area contributed by atoms with Crippen molar-refractivity contribution in [2.24, 2.45) is 5.92 Å². The quantitative estimate of drug-likeness (QED) is 0.687. The molecule has 0 bridgehead atoms. The number of allylic oxidation sites excluding steroid dienone is 1. The molecule has 148 valence electrons. The highest BCUT2D eigenvalue weighted by Crippen LogP contribution is 2.33. The Kier molecular flexibility index (Phi) is 6.42. The summed E-state index contributed by atoms with van der Waals surface area (Å²) in [6, 6.07) is 6.59. The van der Waals surface area contributed by atoms with Crippen LogP contribution in [0.1, 0.15) is 39.2 Å². The van der Waals surface area contributed by atoms with Crippen molar-refractivity contribution in [3.8, 4) is 11.5 Å². The molecule has 2 aliphatic heterocycles. The largest absolute Gasteiger partial charge is 0.490 e. The molecule has 2 heterocycles. The Labute approximate surface area is 162 Å². The molecule has 1 aromatic rings. The summed E-state index contributed by atoms with van der Waals surface area (Å²) in [5.74, 6) is 2.42. The third-order valence-corrected chi connectivity index (χ3v) is 5.58. The number of nitrogens with zero attached hydrogens (tertiary/aromatic N) is 2. The number of hydrogen-bond donors (Lipinski definition) is 0. The second-order valence-electron chi connectivity index (χ2n) is 7.87. The number of amides is 1.